The molecule has 0 amide bonds. The molecular formula is C13H21N5. The molecule has 18 heavy (non-hydrogen) atoms. The molecule has 1 atom stereocenters. The summed E-state index contributed by atoms with van der Waals surface area (Å²) in [6.45, 7) is 4.79. The lowest BCUT2D eigenvalue weighted by atomic mass is 10.2. The summed E-state index contributed by atoms with van der Waals surface area (Å²) < 4.78 is 0. The van der Waals surface area contributed by atoms with Crippen LogP contribution >= 0.6 is 0 Å². The monoisotopic (exact) mass is 247 g/mol. The molecule has 1 N–H and O–H groups in total. The highest BCUT2D eigenvalue weighted by Gasteiger charge is 2.29. The van der Waals surface area contributed by atoms with Crippen LogP contribution in [0.3, 0.4) is 0 Å². The first-order valence-corrected chi connectivity index (χ1v) is 6.85. The maximum Gasteiger partial charge on any atom is 0.134 e. The summed E-state index contributed by atoms with van der Waals surface area (Å²) in [7, 11) is 1.89. The van der Waals surface area contributed by atoms with Gasteiger partial charge in [0.05, 0.1) is 0 Å². The number of nitrogens with zero attached hydrogens (tertiary/aromatic N) is 4. The molecule has 5 heteroatoms. The summed E-state index contributed by atoms with van der Waals surface area (Å²) in [5, 5.41) is 3.07. The zero-order chi connectivity index (χ0) is 12.4. The van der Waals surface area contributed by atoms with Crippen molar-refractivity contribution in [2.75, 3.05) is 43.4 Å². The Bertz CT molecular complexity index is 402. The van der Waals surface area contributed by atoms with E-state index >= 15 is 0 Å². The van der Waals surface area contributed by atoms with Gasteiger partial charge in [-0.1, -0.05) is 0 Å². The molecule has 0 aromatic carbocycles. The van der Waals surface area contributed by atoms with Gasteiger partial charge in [0.2, 0.25) is 0 Å². The van der Waals surface area contributed by atoms with Crippen LogP contribution in [0.1, 0.15) is 19.3 Å². The van der Waals surface area contributed by atoms with Crippen LogP contribution in [0.2, 0.25) is 0 Å². The Morgan fingerprint density at radius 2 is 2.06 bits per heavy atom. The minimum Gasteiger partial charge on any atom is -0.373 e. The molecule has 0 bridgehead atoms. The average Bonchev–Trinajstić information content (AvgIpc) is 3.09. The minimum absolute atomic E-state index is 0.723. The molecule has 1 aromatic heterocycles. The van der Waals surface area contributed by atoms with Crippen LogP contribution in [0.4, 0.5) is 11.6 Å². The van der Waals surface area contributed by atoms with E-state index < -0.39 is 0 Å². The van der Waals surface area contributed by atoms with Crippen molar-refractivity contribution < 1.29 is 0 Å². The topological polar surface area (TPSA) is 44.3 Å². The quantitative estimate of drug-likeness (QED) is 0.869. The highest BCUT2D eigenvalue weighted by molar-refractivity contribution is 5.48. The molecule has 1 unspecified atom stereocenters. The van der Waals surface area contributed by atoms with E-state index in [0.717, 1.165) is 30.8 Å². The minimum atomic E-state index is 0.723. The fourth-order valence-corrected chi connectivity index (χ4v) is 3.01. The molecule has 0 spiro atoms. The van der Waals surface area contributed by atoms with Gasteiger partial charge in [-0.15, -0.1) is 0 Å². The Labute approximate surface area is 108 Å². The Morgan fingerprint density at radius 3 is 2.83 bits per heavy atom. The maximum absolute atomic E-state index is 4.39. The lowest BCUT2D eigenvalue weighted by molar-refractivity contribution is 0.260. The van der Waals surface area contributed by atoms with Gasteiger partial charge in [-0.05, 0) is 32.4 Å². The van der Waals surface area contributed by atoms with Gasteiger partial charge in [-0.25, -0.2) is 9.97 Å². The second-order valence-corrected chi connectivity index (χ2v) is 5.14. The van der Waals surface area contributed by atoms with Gasteiger partial charge in [-0.3, -0.25) is 4.90 Å². The van der Waals surface area contributed by atoms with Gasteiger partial charge in [0.1, 0.15) is 18.0 Å². The van der Waals surface area contributed by atoms with Gasteiger partial charge >= 0.3 is 0 Å². The van der Waals surface area contributed by atoms with E-state index in [1.54, 1.807) is 6.33 Å². The van der Waals surface area contributed by atoms with Crippen molar-refractivity contribution in [3.05, 3.63) is 12.4 Å². The number of hydrogen-bond acceptors (Lipinski definition) is 5. The molecule has 0 aliphatic carbocycles. The summed E-state index contributed by atoms with van der Waals surface area (Å²) in [6, 6.07) is 2.76. The summed E-state index contributed by atoms with van der Waals surface area (Å²) in [6.07, 6.45) is 5.64. The molecule has 1 aromatic rings. The Hall–Kier alpha value is -1.36. The standard InChI is InChI=1S/C13H21N5/c1-14-12-8-13(16-10-15-12)18-7-4-11(9-18)17-5-2-3-6-17/h8,10-11H,2-7,9H2,1H3,(H,14,15,16). The maximum atomic E-state index is 4.39. The smallest absolute Gasteiger partial charge is 0.134 e. The normalized spacial score (nSPS) is 24.7. The Morgan fingerprint density at radius 1 is 1.22 bits per heavy atom. The number of hydrogen-bond donors (Lipinski definition) is 1. The third kappa shape index (κ3) is 2.27. The highest BCUT2D eigenvalue weighted by atomic mass is 15.3. The van der Waals surface area contributed by atoms with E-state index in [2.05, 4.69) is 25.1 Å². The summed E-state index contributed by atoms with van der Waals surface area (Å²) >= 11 is 0. The number of rotatable bonds is 3. The molecule has 0 saturated carbocycles. The first-order chi connectivity index (χ1) is 8.86. The third-order valence-corrected chi connectivity index (χ3v) is 4.05. The van der Waals surface area contributed by atoms with Crippen LogP contribution < -0.4 is 10.2 Å². The van der Waals surface area contributed by atoms with Crippen molar-refractivity contribution in [1.29, 1.82) is 0 Å². The van der Waals surface area contributed by atoms with Gasteiger partial charge in [-0.2, -0.15) is 0 Å². The van der Waals surface area contributed by atoms with Gasteiger partial charge in [0, 0.05) is 32.2 Å². The highest BCUT2D eigenvalue weighted by Crippen LogP contribution is 2.24. The number of likely N-dealkylation sites (tertiary alicyclic amines) is 1. The first-order valence-electron chi connectivity index (χ1n) is 6.85. The summed E-state index contributed by atoms with van der Waals surface area (Å²) in [5.41, 5.74) is 0. The molecule has 2 aliphatic rings. The SMILES string of the molecule is CNc1cc(N2CCC(N3CCCC3)C2)ncn1. The molecule has 0 radical (unpaired) electrons. The second-order valence-electron chi connectivity index (χ2n) is 5.14. The second kappa shape index (κ2) is 5.10. The van der Waals surface area contributed by atoms with Crippen molar-refractivity contribution in [2.45, 2.75) is 25.3 Å². The van der Waals surface area contributed by atoms with Crippen LogP contribution in [-0.2, 0) is 0 Å². The van der Waals surface area contributed by atoms with Gasteiger partial charge in [0.15, 0.2) is 0 Å². The van der Waals surface area contributed by atoms with Crippen LogP contribution in [-0.4, -0.2) is 54.1 Å². The van der Waals surface area contributed by atoms with E-state index in [1.165, 1.54) is 32.4 Å². The fourth-order valence-electron chi connectivity index (χ4n) is 3.01. The molecule has 2 saturated heterocycles. The molecule has 98 valence electrons. The fraction of sp³-hybridized carbons (Fsp3) is 0.692. The zero-order valence-corrected chi connectivity index (χ0v) is 11.0. The molecule has 3 rings (SSSR count). The molecule has 5 nitrogen and oxygen atoms in total. The van der Waals surface area contributed by atoms with Crippen molar-refractivity contribution in [3.63, 3.8) is 0 Å². The summed E-state index contributed by atoms with van der Waals surface area (Å²) in [5.74, 6) is 1.95. The lowest BCUT2D eigenvalue weighted by Gasteiger charge is -2.24. The van der Waals surface area contributed by atoms with Gasteiger partial charge in [0.25, 0.3) is 0 Å². The van der Waals surface area contributed by atoms with Gasteiger partial charge < -0.3 is 10.2 Å². The number of nitrogens with one attached hydrogen (secondary N) is 1. The van der Waals surface area contributed by atoms with E-state index in [9.17, 15) is 0 Å². The Balaban J connectivity index is 1.67. The van der Waals surface area contributed by atoms with Crippen LogP contribution in [0.25, 0.3) is 0 Å². The third-order valence-electron chi connectivity index (χ3n) is 4.05. The van der Waals surface area contributed by atoms with E-state index in [-0.39, 0.29) is 0 Å². The Kier molecular flexibility index (Phi) is 3.32. The van der Waals surface area contributed by atoms with E-state index in [4.69, 9.17) is 0 Å². The molecule has 2 fully saturated rings. The van der Waals surface area contributed by atoms with Crippen LogP contribution in [0, 0.1) is 0 Å². The molecule has 2 aliphatic heterocycles. The summed E-state index contributed by atoms with van der Waals surface area (Å²) in [4.78, 5) is 13.6. The van der Waals surface area contributed by atoms with E-state index in [1.807, 2.05) is 13.1 Å². The van der Waals surface area contributed by atoms with Crippen molar-refractivity contribution >= 4 is 11.6 Å². The lowest BCUT2D eigenvalue weighted by Crippen LogP contribution is -2.35. The van der Waals surface area contributed by atoms with Crippen molar-refractivity contribution in [2.24, 2.45) is 0 Å². The molecule has 3 heterocycles. The largest absolute Gasteiger partial charge is 0.373 e. The average molecular weight is 247 g/mol. The predicted octanol–water partition coefficient (Wildman–Crippen LogP) is 1.19. The van der Waals surface area contributed by atoms with Crippen molar-refractivity contribution in [3.8, 4) is 0 Å². The van der Waals surface area contributed by atoms with Crippen molar-refractivity contribution in [1.82, 2.24) is 14.9 Å². The predicted molar refractivity (Wildman–Crippen MR) is 73.0 cm³/mol. The van der Waals surface area contributed by atoms with Crippen LogP contribution in [0.15, 0.2) is 12.4 Å². The number of anilines is 2. The first kappa shape index (κ1) is 11.7. The zero-order valence-electron chi connectivity index (χ0n) is 11.0. The van der Waals surface area contributed by atoms with Crippen LogP contribution in [0.5, 0.6) is 0 Å². The van der Waals surface area contributed by atoms with E-state index in [0.29, 0.717) is 0 Å². The molecular weight excluding hydrogens is 226 g/mol. The number of aromatic nitrogens is 2.